The van der Waals surface area contributed by atoms with E-state index in [-0.39, 0.29) is 18.1 Å². The van der Waals surface area contributed by atoms with E-state index < -0.39 is 0 Å². The Hall–Kier alpha value is -2.22. The Morgan fingerprint density at radius 3 is 2.06 bits per heavy atom. The van der Waals surface area contributed by atoms with Crippen molar-refractivity contribution in [3.05, 3.63) is 71.8 Å². The lowest BCUT2D eigenvalue weighted by atomic mass is 9.88. The summed E-state index contributed by atoms with van der Waals surface area (Å²) in [6.07, 6.45) is 1.02. The summed E-state index contributed by atoms with van der Waals surface area (Å²) < 4.78 is 0. The summed E-state index contributed by atoms with van der Waals surface area (Å²) in [7, 11) is 0. The highest BCUT2D eigenvalue weighted by Gasteiger charge is 2.21. The monoisotopic (exact) mass is 238 g/mol. The second kappa shape index (κ2) is 5.92. The molecule has 2 rings (SSSR count). The Morgan fingerprint density at radius 1 is 0.944 bits per heavy atom. The number of carbonyl (C=O) groups excluding carboxylic acids is 2. The van der Waals surface area contributed by atoms with Gasteiger partial charge in [-0.15, -0.1) is 0 Å². The Kier molecular flexibility index (Phi) is 4.02. The van der Waals surface area contributed by atoms with Crippen LogP contribution in [0.15, 0.2) is 60.7 Å². The van der Waals surface area contributed by atoms with Crippen molar-refractivity contribution in [2.75, 3.05) is 0 Å². The topological polar surface area (TPSA) is 34.1 Å². The number of hydrogen-bond acceptors (Lipinski definition) is 2. The third kappa shape index (κ3) is 2.72. The van der Waals surface area contributed by atoms with Gasteiger partial charge in [-0.25, -0.2) is 0 Å². The molecular formula is C16H14O2. The zero-order valence-corrected chi connectivity index (χ0v) is 9.95. The number of ketones is 1. The average Bonchev–Trinajstić information content (AvgIpc) is 2.46. The molecule has 0 spiro atoms. The van der Waals surface area contributed by atoms with E-state index in [1.807, 2.05) is 48.5 Å². The minimum Gasteiger partial charge on any atom is -0.303 e. The molecule has 90 valence electrons. The van der Waals surface area contributed by atoms with Crippen LogP contribution in [0.25, 0.3) is 0 Å². The van der Waals surface area contributed by atoms with Gasteiger partial charge >= 0.3 is 0 Å². The van der Waals surface area contributed by atoms with Crippen LogP contribution in [0.1, 0.15) is 28.3 Å². The summed E-state index contributed by atoms with van der Waals surface area (Å²) in [6, 6.07) is 18.5. The lowest BCUT2D eigenvalue weighted by Crippen LogP contribution is -2.13. The molecule has 0 radical (unpaired) electrons. The molecule has 0 amide bonds. The summed E-state index contributed by atoms with van der Waals surface area (Å²) in [5.74, 6) is -0.389. The van der Waals surface area contributed by atoms with Crippen LogP contribution >= 0.6 is 0 Å². The molecular weight excluding hydrogens is 224 g/mol. The number of benzene rings is 2. The van der Waals surface area contributed by atoms with Crippen LogP contribution in [-0.4, -0.2) is 12.1 Å². The van der Waals surface area contributed by atoms with Crippen molar-refractivity contribution in [1.82, 2.24) is 0 Å². The molecule has 0 aliphatic carbocycles. The lowest BCUT2D eigenvalue weighted by Gasteiger charge is -2.13. The molecule has 2 aromatic carbocycles. The fourth-order valence-electron chi connectivity index (χ4n) is 1.98. The van der Waals surface area contributed by atoms with Gasteiger partial charge < -0.3 is 4.79 Å². The first kappa shape index (κ1) is 12.2. The van der Waals surface area contributed by atoms with Gasteiger partial charge in [0, 0.05) is 12.0 Å². The van der Waals surface area contributed by atoms with Crippen molar-refractivity contribution >= 4 is 12.1 Å². The first-order valence-electron chi connectivity index (χ1n) is 5.91. The molecule has 2 nitrogen and oxygen atoms in total. The Bertz CT molecular complexity index is 517. The van der Waals surface area contributed by atoms with Crippen LogP contribution in [0.2, 0.25) is 0 Å². The van der Waals surface area contributed by atoms with Crippen molar-refractivity contribution in [3.8, 4) is 0 Å². The lowest BCUT2D eigenvalue weighted by molar-refractivity contribution is -0.108. The van der Waals surface area contributed by atoms with Gasteiger partial charge in [-0.05, 0) is 5.56 Å². The van der Waals surface area contributed by atoms with Crippen molar-refractivity contribution < 1.29 is 9.59 Å². The van der Waals surface area contributed by atoms with Crippen LogP contribution in [0.5, 0.6) is 0 Å². The van der Waals surface area contributed by atoms with Gasteiger partial charge in [0.1, 0.15) is 6.29 Å². The van der Waals surface area contributed by atoms with E-state index in [4.69, 9.17) is 0 Å². The van der Waals surface area contributed by atoms with E-state index in [0.717, 1.165) is 11.8 Å². The third-order valence-electron chi connectivity index (χ3n) is 2.91. The fourth-order valence-corrected chi connectivity index (χ4v) is 1.98. The Balaban J connectivity index is 2.32. The highest BCUT2D eigenvalue weighted by atomic mass is 16.1. The first-order valence-corrected chi connectivity index (χ1v) is 5.91. The van der Waals surface area contributed by atoms with Gasteiger partial charge in [0.15, 0.2) is 5.78 Å². The molecule has 0 bridgehead atoms. The molecule has 0 N–H and O–H groups in total. The smallest absolute Gasteiger partial charge is 0.170 e. The molecule has 0 saturated carbocycles. The van der Waals surface area contributed by atoms with Gasteiger partial charge in [0.25, 0.3) is 0 Å². The largest absolute Gasteiger partial charge is 0.303 e. The maximum absolute atomic E-state index is 12.4. The molecule has 18 heavy (non-hydrogen) atoms. The highest BCUT2D eigenvalue weighted by Crippen LogP contribution is 2.23. The maximum atomic E-state index is 12.4. The second-order valence-electron chi connectivity index (χ2n) is 4.10. The van der Waals surface area contributed by atoms with Gasteiger partial charge in [-0.1, -0.05) is 60.7 Å². The summed E-state index contributed by atoms with van der Waals surface area (Å²) in [5, 5.41) is 0. The number of aldehydes is 1. The minimum absolute atomic E-state index is 0.00565. The van der Waals surface area contributed by atoms with Gasteiger partial charge in [-0.3, -0.25) is 4.79 Å². The quantitative estimate of drug-likeness (QED) is 0.592. The van der Waals surface area contributed by atoms with E-state index in [1.165, 1.54) is 0 Å². The second-order valence-corrected chi connectivity index (χ2v) is 4.10. The molecule has 1 atom stereocenters. The van der Waals surface area contributed by atoms with E-state index >= 15 is 0 Å². The number of carbonyl (C=O) groups is 2. The fraction of sp³-hybridized carbons (Fsp3) is 0.125. The Labute approximate surface area is 106 Å². The minimum atomic E-state index is -0.383. The number of Topliss-reactive ketones (excluding diaryl/α,β-unsaturated/α-hetero) is 1. The average molecular weight is 238 g/mol. The molecule has 0 aliphatic rings. The SMILES string of the molecule is O=CCC(C(=O)c1ccccc1)c1ccccc1. The standard InChI is InChI=1S/C16H14O2/c17-12-11-15(13-7-3-1-4-8-13)16(18)14-9-5-2-6-10-14/h1-10,12,15H,11H2. The van der Waals surface area contributed by atoms with Crippen LogP contribution in [0, 0.1) is 0 Å². The molecule has 0 saturated heterocycles. The van der Waals surface area contributed by atoms with E-state index in [0.29, 0.717) is 5.56 Å². The van der Waals surface area contributed by atoms with E-state index in [2.05, 4.69) is 0 Å². The van der Waals surface area contributed by atoms with Gasteiger partial charge in [-0.2, -0.15) is 0 Å². The predicted molar refractivity (Wildman–Crippen MR) is 70.6 cm³/mol. The zero-order valence-electron chi connectivity index (χ0n) is 9.95. The molecule has 1 unspecified atom stereocenters. The van der Waals surface area contributed by atoms with Crippen LogP contribution in [0.4, 0.5) is 0 Å². The molecule has 0 aliphatic heterocycles. The van der Waals surface area contributed by atoms with Gasteiger partial charge in [0.2, 0.25) is 0 Å². The van der Waals surface area contributed by atoms with Crippen LogP contribution < -0.4 is 0 Å². The van der Waals surface area contributed by atoms with Gasteiger partial charge in [0.05, 0.1) is 5.92 Å². The van der Waals surface area contributed by atoms with E-state index in [1.54, 1.807) is 12.1 Å². The van der Waals surface area contributed by atoms with Crippen molar-refractivity contribution in [1.29, 1.82) is 0 Å². The third-order valence-corrected chi connectivity index (χ3v) is 2.91. The van der Waals surface area contributed by atoms with Crippen molar-refractivity contribution in [2.24, 2.45) is 0 Å². The summed E-state index contributed by atoms with van der Waals surface area (Å²) in [6.45, 7) is 0. The normalized spacial score (nSPS) is 11.8. The number of hydrogen-bond donors (Lipinski definition) is 0. The molecule has 0 heterocycles. The van der Waals surface area contributed by atoms with Crippen molar-refractivity contribution in [2.45, 2.75) is 12.3 Å². The molecule has 0 fully saturated rings. The zero-order chi connectivity index (χ0) is 12.8. The van der Waals surface area contributed by atoms with Crippen LogP contribution in [0.3, 0.4) is 0 Å². The first-order chi connectivity index (χ1) is 8.83. The molecule has 0 aromatic heterocycles. The predicted octanol–water partition coefficient (Wildman–Crippen LogP) is 3.24. The maximum Gasteiger partial charge on any atom is 0.170 e. The number of rotatable bonds is 5. The Morgan fingerprint density at radius 2 is 1.50 bits per heavy atom. The summed E-state index contributed by atoms with van der Waals surface area (Å²) in [4.78, 5) is 23.1. The van der Waals surface area contributed by atoms with Crippen LogP contribution in [-0.2, 0) is 4.79 Å². The molecule has 2 heteroatoms. The highest BCUT2D eigenvalue weighted by molar-refractivity contribution is 6.01. The van der Waals surface area contributed by atoms with Crippen molar-refractivity contribution in [3.63, 3.8) is 0 Å². The van der Waals surface area contributed by atoms with E-state index in [9.17, 15) is 9.59 Å². The summed E-state index contributed by atoms with van der Waals surface area (Å²) >= 11 is 0. The molecule has 2 aromatic rings. The summed E-state index contributed by atoms with van der Waals surface area (Å²) in [5.41, 5.74) is 1.53.